The van der Waals surface area contributed by atoms with Crippen LogP contribution in [0.1, 0.15) is 19.8 Å². The van der Waals surface area contributed by atoms with Gasteiger partial charge < -0.3 is 0 Å². The third kappa shape index (κ3) is 5.92. The van der Waals surface area contributed by atoms with Gasteiger partial charge in [-0.2, -0.15) is 0 Å². The van der Waals surface area contributed by atoms with Crippen LogP contribution in [-0.2, 0) is 0 Å². The number of hydrogen-bond donors (Lipinski definition) is 2. The van der Waals surface area contributed by atoms with Crippen LogP contribution in [0, 0.1) is 12.8 Å². The lowest BCUT2D eigenvalue weighted by Crippen LogP contribution is -2.23. The van der Waals surface area contributed by atoms with Crippen LogP contribution >= 0.6 is 0 Å². The molecular formula is C6H15N2. The van der Waals surface area contributed by atoms with E-state index in [9.17, 15) is 0 Å². The van der Waals surface area contributed by atoms with Crippen molar-refractivity contribution in [2.45, 2.75) is 19.8 Å². The van der Waals surface area contributed by atoms with Gasteiger partial charge in [0, 0.05) is 6.54 Å². The van der Waals surface area contributed by atoms with Gasteiger partial charge in [-0.05, 0) is 18.8 Å². The van der Waals surface area contributed by atoms with Crippen LogP contribution in [0.4, 0.5) is 0 Å². The average Bonchev–Trinajstić information content (AvgIpc) is 1.66. The van der Waals surface area contributed by atoms with Crippen LogP contribution in [0.2, 0.25) is 0 Å². The van der Waals surface area contributed by atoms with Crippen molar-refractivity contribution in [3.8, 4) is 0 Å². The molecule has 0 aliphatic rings. The Kier molecular flexibility index (Phi) is 5.01. The van der Waals surface area contributed by atoms with E-state index in [1.165, 1.54) is 0 Å². The first-order valence-corrected chi connectivity index (χ1v) is 3.04. The highest BCUT2D eigenvalue weighted by molar-refractivity contribution is 4.53. The molecule has 0 bridgehead atoms. The Labute approximate surface area is 51.4 Å². The second-order valence-corrected chi connectivity index (χ2v) is 2.20. The van der Waals surface area contributed by atoms with Gasteiger partial charge >= 0.3 is 0 Å². The number of hydrogen-bond acceptors (Lipinski definition) is 2. The van der Waals surface area contributed by atoms with Gasteiger partial charge in [0.05, 0.1) is 0 Å². The first kappa shape index (κ1) is 7.92. The van der Waals surface area contributed by atoms with Gasteiger partial charge in [0.15, 0.2) is 0 Å². The molecule has 0 aliphatic carbocycles. The molecule has 8 heavy (non-hydrogen) atoms. The van der Waals surface area contributed by atoms with E-state index in [4.69, 9.17) is 5.84 Å². The summed E-state index contributed by atoms with van der Waals surface area (Å²) in [5, 5.41) is 0. The van der Waals surface area contributed by atoms with Crippen molar-refractivity contribution in [2.24, 2.45) is 11.8 Å². The fraction of sp³-hybridized carbons (Fsp3) is 0.833. The molecule has 0 rings (SSSR count). The third-order valence-corrected chi connectivity index (χ3v) is 1.02. The van der Waals surface area contributed by atoms with E-state index in [0.29, 0.717) is 5.92 Å². The van der Waals surface area contributed by atoms with E-state index in [2.05, 4.69) is 19.3 Å². The monoisotopic (exact) mass is 115 g/mol. The molecule has 2 nitrogen and oxygen atoms in total. The Balaban J connectivity index is 2.72. The largest absolute Gasteiger partial charge is 0.271 e. The van der Waals surface area contributed by atoms with Crippen molar-refractivity contribution in [1.82, 2.24) is 5.43 Å². The molecule has 1 unspecified atom stereocenters. The van der Waals surface area contributed by atoms with Crippen molar-refractivity contribution in [2.75, 3.05) is 6.54 Å². The fourth-order valence-electron chi connectivity index (χ4n) is 0.553. The molecule has 0 aliphatic heterocycles. The standard InChI is InChI=1S/C6H15N2/c1-6(2)4-3-5-8-7/h6,8H,1,3-5,7H2,2H3. The maximum atomic E-state index is 5.04. The van der Waals surface area contributed by atoms with Crippen LogP contribution in [0.3, 0.4) is 0 Å². The number of hydrazine groups is 1. The van der Waals surface area contributed by atoms with E-state index in [0.717, 1.165) is 19.4 Å². The molecule has 49 valence electrons. The first-order valence-electron chi connectivity index (χ1n) is 3.04. The number of nitrogens with two attached hydrogens (primary N) is 1. The minimum Gasteiger partial charge on any atom is -0.271 e. The highest BCUT2D eigenvalue weighted by atomic mass is 15.2. The van der Waals surface area contributed by atoms with Crippen LogP contribution < -0.4 is 11.3 Å². The Morgan fingerprint density at radius 3 is 2.75 bits per heavy atom. The van der Waals surface area contributed by atoms with E-state index >= 15 is 0 Å². The van der Waals surface area contributed by atoms with E-state index in [-0.39, 0.29) is 0 Å². The molecule has 2 heteroatoms. The summed E-state index contributed by atoms with van der Waals surface area (Å²) in [4.78, 5) is 0. The predicted molar refractivity (Wildman–Crippen MR) is 35.9 cm³/mol. The summed E-state index contributed by atoms with van der Waals surface area (Å²) in [6, 6.07) is 0. The van der Waals surface area contributed by atoms with Crippen LogP contribution in [0.5, 0.6) is 0 Å². The summed E-state index contributed by atoms with van der Waals surface area (Å²) in [6.07, 6.45) is 2.28. The van der Waals surface area contributed by atoms with Crippen LogP contribution in [0.25, 0.3) is 0 Å². The topological polar surface area (TPSA) is 38.0 Å². The van der Waals surface area contributed by atoms with E-state index in [1.54, 1.807) is 0 Å². The summed E-state index contributed by atoms with van der Waals surface area (Å²) >= 11 is 0. The molecule has 1 atom stereocenters. The minimum absolute atomic E-state index is 0.559. The zero-order chi connectivity index (χ0) is 6.41. The van der Waals surface area contributed by atoms with E-state index in [1.807, 2.05) is 0 Å². The molecule has 3 N–H and O–H groups in total. The van der Waals surface area contributed by atoms with Crippen molar-refractivity contribution in [3.05, 3.63) is 6.92 Å². The second-order valence-electron chi connectivity index (χ2n) is 2.20. The third-order valence-electron chi connectivity index (χ3n) is 1.02. The minimum atomic E-state index is 0.559. The van der Waals surface area contributed by atoms with Gasteiger partial charge in [-0.15, -0.1) is 0 Å². The quantitative estimate of drug-likeness (QED) is 0.321. The van der Waals surface area contributed by atoms with Crippen molar-refractivity contribution >= 4 is 0 Å². The predicted octanol–water partition coefficient (Wildman–Crippen LogP) is 0.700. The highest BCUT2D eigenvalue weighted by Crippen LogP contribution is 2.00. The number of nitrogens with one attached hydrogen (secondary N) is 1. The van der Waals surface area contributed by atoms with Gasteiger partial charge in [-0.25, -0.2) is 0 Å². The Bertz CT molecular complexity index is 43.8. The van der Waals surface area contributed by atoms with E-state index < -0.39 is 0 Å². The Hall–Kier alpha value is -0.0800. The van der Waals surface area contributed by atoms with Gasteiger partial charge in [-0.3, -0.25) is 11.3 Å². The van der Waals surface area contributed by atoms with Crippen molar-refractivity contribution < 1.29 is 0 Å². The molecule has 0 aromatic rings. The summed E-state index contributed by atoms with van der Waals surface area (Å²) < 4.78 is 0. The van der Waals surface area contributed by atoms with Crippen molar-refractivity contribution in [3.63, 3.8) is 0 Å². The molecule has 0 saturated carbocycles. The maximum absolute atomic E-state index is 5.04. The molecule has 1 radical (unpaired) electrons. The molecule has 0 aromatic carbocycles. The summed E-state index contributed by atoms with van der Waals surface area (Å²) in [5.74, 6) is 5.60. The fourth-order valence-corrected chi connectivity index (χ4v) is 0.553. The molecular weight excluding hydrogens is 100 g/mol. The van der Waals surface area contributed by atoms with Crippen LogP contribution in [0.15, 0.2) is 0 Å². The molecule has 0 aromatic heterocycles. The highest BCUT2D eigenvalue weighted by Gasteiger charge is 1.90. The normalized spacial score (nSPS) is 10.5. The van der Waals surface area contributed by atoms with Crippen LogP contribution in [-0.4, -0.2) is 6.54 Å². The zero-order valence-electron chi connectivity index (χ0n) is 5.48. The van der Waals surface area contributed by atoms with Crippen molar-refractivity contribution in [1.29, 1.82) is 0 Å². The molecule has 0 heterocycles. The second kappa shape index (κ2) is 5.06. The molecule has 0 saturated heterocycles. The van der Waals surface area contributed by atoms with Gasteiger partial charge in [0.2, 0.25) is 0 Å². The number of rotatable bonds is 4. The Morgan fingerprint density at radius 1 is 1.75 bits per heavy atom. The maximum Gasteiger partial charge on any atom is 0.00975 e. The van der Waals surface area contributed by atoms with Gasteiger partial charge in [0.25, 0.3) is 0 Å². The first-order chi connectivity index (χ1) is 3.77. The van der Waals surface area contributed by atoms with Gasteiger partial charge in [-0.1, -0.05) is 13.8 Å². The average molecular weight is 115 g/mol. The molecule has 0 fully saturated rings. The lowest BCUT2D eigenvalue weighted by molar-refractivity contribution is 0.569. The summed E-state index contributed by atoms with van der Waals surface area (Å²) in [5.41, 5.74) is 2.60. The lowest BCUT2D eigenvalue weighted by Gasteiger charge is -2.01. The smallest absolute Gasteiger partial charge is 0.00975 e. The lowest BCUT2D eigenvalue weighted by atomic mass is 10.1. The van der Waals surface area contributed by atoms with Gasteiger partial charge in [0.1, 0.15) is 0 Å². The Morgan fingerprint density at radius 2 is 2.38 bits per heavy atom. The zero-order valence-corrected chi connectivity index (χ0v) is 5.48. The summed E-state index contributed by atoms with van der Waals surface area (Å²) in [7, 11) is 0. The molecule has 0 spiro atoms. The molecule has 0 amide bonds. The summed E-state index contributed by atoms with van der Waals surface area (Å²) in [6.45, 7) is 6.85. The SMILES string of the molecule is [CH2]C(C)CCCNN.